The minimum atomic E-state index is -0.566. The predicted molar refractivity (Wildman–Crippen MR) is 80.4 cm³/mol. The largest absolute Gasteiger partial charge is 0.465 e. The summed E-state index contributed by atoms with van der Waals surface area (Å²) in [6.07, 6.45) is 4.52. The number of nitrogens with one attached hydrogen (secondary N) is 1. The summed E-state index contributed by atoms with van der Waals surface area (Å²) in [7, 11) is 2.12. The van der Waals surface area contributed by atoms with Gasteiger partial charge >= 0.3 is 5.97 Å². The number of esters is 1. The molecule has 114 valence electrons. The second-order valence-electron chi connectivity index (χ2n) is 5.34. The Bertz CT molecular complexity index is 246. The fourth-order valence-electron chi connectivity index (χ4n) is 2.10. The van der Waals surface area contributed by atoms with Gasteiger partial charge in [0, 0.05) is 6.54 Å². The highest BCUT2D eigenvalue weighted by Gasteiger charge is 2.33. The van der Waals surface area contributed by atoms with Crippen LogP contribution in [-0.2, 0) is 9.53 Å². The molecule has 0 aromatic carbocycles. The van der Waals surface area contributed by atoms with Crippen LogP contribution in [0.2, 0.25) is 0 Å². The first-order chi connectivity index (χ1) is 9.00. The summed E-state index contributed by atoms with van der Waals surface area (Å²) in [5, 5.41) is 3.26. The zero-order valence-electron chi connectivity index (χ0n) is 13.4. The Morgan fingerprint density at radius 3 is 2.42 bits per heavy atom. The van der Waals surface area contributed by atoms with Crippen LogP contribution in [0.5, 0.6) is 0 Å². The van der Waals surface area contributed by atoms with Crippen molar-refractivity contribution in [3.63, 3.8) is 0 Å². The molecule has 0 aliphatic rings. The van der Waals surface area contributed by atoms with Crippen LogP contribution in [0.15, 0.2) is 0 Å². The van der Waals surface area contributed by atoms with Gasteiger partial charge in [0.25, 0.3) is 0 Å². The SMILES string of the molecule is CCCCCN(C)CCC(C)(NCC)C(=O)OCC. The number of carbonyl (C=O) groups is 1. The molecule has 0 aromatic heterocycles. The van der Waals surface area contributed by atoms with Gasteiger partial charge in [-0.3, -0.25) is 4.79 Å². The van der Waals surface area contributed by atoms with Gasteiger partial charge in [0.05, 0.1) is 6.61 Å². The molecular weight excluding hydrogens is 240 g/mol. The Balaban J connectivity index is 4.22. The van der Waals surface area contributed by atoms with Crippen LogP contribution < -0.4 is 5.32 Å². The summed E-state index contributed by atoms with van der Waals surface area (Å²) in [6, 6.07) is 0. The van der Waals surface area contributed by atoms with E-state index in [1.165, 1.54) is 19.3 Å². The fraction of sp³-hybridized carbons (Fsp3) is 0.933. The highest BCUT2D eigenvalue weighted by atomic mass is 16.5. The van der Waals surface area contributed by atoms with Gasteiger partial charge in [-0.15, -0.1) is 0 Å². The quantitative estimate of drug-likeness (QED) is 0.463. The molecule has 0 saturated heterocycles. The van der Waals surface area contributed by atoms with Crippen molar-refractivity contribution in [2.24, 2.45) is 0 Å². The highest BCUT2D eigenvalue weighted by Crippen LogP contribution is 2.13. The Kier molecular flexibility index (Phi) is 9.88. The lowest BCUT2D eigenvalue weighted by Gasteiger charge is -2.30. The number of hydrogen-bond acceptors (Lipinski definition) is 4. The molecular formula is C15H32N2O2. The number of rotatable bonds is 11. The number of nitrogens with zero attached hydrogens (tertiary/aromatic N) is 1. The Labute approximate surface area is 118 Å². The molecule has 0 aliphatic heterocycles. The molecule has 0 aliphatic carbocycles. The van der Waals surface area contributed by atoms with Gasteiger partial charge in [-0.1, -0.05) is 26.7 Å². The molecule has 0 saturated carbocycles. The molecule has 0 rings (SSSR count). The van der Waals surface area contributed by atoms with E-state index in [-0.39, 0.29) is 5.97 Å². The predicted octanol–water partition coefficient (Wildman–Crippen LogP) is 2.43. The molecule has 4 heteroatoms. The van der Waals surface area contributed by atoms with Gasteiger partial charge in [0.15, 0.2) is 0 Å². The minimum Gasteiger partial charge on any atom is -0.465 e. The molecule has 0 radical (unpaired) electrons. The molecule has 1 unspecified atom stereocenters. The van der Waals surface area contributed by atoms with E-state index in [0.717, 1.165) is 26.1 Å². The first kappa shape index (κ1) is 18.4. The lowest BCUT2D eigenvalue weighted by molar-refractivity contribution is -0.150. The van der Waals surface area contributed by atoms with Crippen molar-refractivity contribution in [1.29, 1.82) is 0 Å². The standard InChI is InChI=1S/C15H32N2O2/c1-6-9-10-12-17(5)13-11-15(4,16-7-2)14(18)19-8-3/h16H,6-13H2,1-5H3. The summed E-state index contributed by atoms with van der Waals surface area (Å²) in [5.74, 6) is -0.140. The van der Waals surface area contributed by atoms with Crippen LogP contribution in [0, 0.1) is 0 Å². The zero-order valence-corrected chi connectivity index (χ0v) is 13.4. The van der Waals surface area contributed by atoms with Crippen molar-refractivity contribution in [3.05, 3.63) is 0 Å². The summed E-state index contributed by atoms with van der Waals surface area (Å²) >= 11 is 0. The van der Waals surface area contributed by atoms with Crippen LogP contribution >= 0.6 is 0 Å². The molecule has 4 nitrogen and oxygen atoms in total. The maximum absolute atomic E-state index is 12.0. The van der Waals surface area contributed by atoms with Gasteiger partial charge < -0.3 is 15.0 Å². The summed E-state index contributed by atoms with van der Waals surface area (Å²) in [5.41, 5.74) is -0.566. The second-order valence-corrected chi connectivity index (χ2v) is 5.34. The fourth-order valence-corrected chi connectivity index (χ4v) is 2.10. The van der Waals surface area contributed by atoms with E-state index in [1.807, 2.05) is 20.8 Å². The molecule has 0 spiro atoms. The molecule has 19 heavy (non-hydrogen) atoms. The van der Waals surface area contributed by atoms with E-state index < -0.39 is 5.54 Å². The molecule has 1 atom stereocenters. The maximum Gasteiger partial charge on any atom is 0.326 e. The van der Waals surface area contributed by atoms with E-state index >= 15 is 0 Å². The average molecular weight is 272 g/mol. The first-order valence-corrected chi connectivity index (χ1v) is 7.61. The number of ether oxygens (including phenoxy) is 1. The normalized spacial score (nSPS) is 14.4. The van der Waals surface area contributed by atoms with Crippen molar-refractivity contribution >= 4 is 5.97 Å². The van der Waals surface area contributed by atoms with E-state index in [0.29, 0.717) is 6.61 Å². The van der Waals surface area contributed by atoms with Crippen molar-refractivity contribution in [2.75, 3.05) is 33.3 Å². The molecule has 0 bridgehead atoms. The smallest absolute Gasteiger partial charge is 0.326 e. The zero-order chi connectivity index (χ0) is 14.7. The van der Waals surface area contributed by atoms with Crippen LogP contribution in [0.4, 0.5) is 0 Å². The van der Waals surface area contributed by atoms with Crippen LogP contribution in [0.3, 0.4) is 0 Å². The molecule has 0 amide bonds. The lowest BCUT2D eigenvalue weighted by Crippen LogP contribution is -2.52. The van der Waals surface area contributed by atoms with Crippen molar-refractivity contribution in [1.82, 2.24) is 10.2 Å². The summed E-state index contributed by atoms with van der Waals surface area (Å²) < 4.78 is 5.17. The minimum absolute atomic E-state index is 0.140. The van der Waals surface area contributed by atoms with Gasteiger partial charge in [-0.2, -0.15) is 0 Å². The first-order valence-electron chi connectivity index (χ1n) is 7.61. The number of carbonyl (C=O) groups excluding carboxylic acids is 1. The van der Waals surface area contributed by atoms with E-state index in [2.05, 4.69) is 24.2 Å². The topological polar surface area (TPSA) is 41.6 Å². The Hall–Kier alpha value is -0.610. The number of likely N-dealkylation sites (N-methyl/N-ethyl adjacent to an activating group) is 1. The third-order valence-electron chi connectivity index (χ3n) is 3.43. The van der Waals surface area contributed by atoms with Crippen LogP contribution in [-0.4, -0.2) is 49.7 Å². The maximum atomic E-state index is 12.0. The Morgan fingerprint density at radius 1 is 1.21 bits per heavy atom. The van der Waals surface area contributed by atoms with Crippen LogP contribution in [0.25, 0.3) is 0 Å². The van der Waals surface area contributed by atoms with Crippen molar-refractivity contribution in [2.45, 2.75) is 58.9 Å². The van der Waals surface area contributed by atoms with E-state index in [9.17, 15) is 4.79 Å². The molecule has 1 N–H and O–H groups in total. The Morgan fingerprint density at radius 2 is 1.89 bits per heavy atom. The van der Waals surface area contributed by atoms with Gasteiger partial charge in [0.2, 0.25) is 0 Å². The number of hydrogen-bond donors (Lipinski definition) is 1. The molecule has 0 aromatic rings. The van der Waals surface area contributed by atoms with Gasteiger partial charge in [0.1, 0.15) is 5.54 Å². The van der Waals surface area contributed by atoms with E-state index in [1.54, 1.807) is 0 Å². The molecule has 0 heterocycles. The van der Waals surface area contributed by atoms with Crippen LogP contribution in [0.1, 0.15) is 53.4 Å². The number of unbranched alkanes of at least 4 members (excludes halogenated alkanes) is 2. The van der Waals surface area contributed by atoms with Gasteiger partial charge in [-0.25, -0.2) is 0 Å². The van der Waals surface area contributed by atoms with Crippen molar-refractivity contribution < 1.29 is 9.53 Å². The second kappa shape index (κ2) is 10.2. The van der Waals surface area contributed by atoms with Gasteiger partial charge in [-0.05, 0) is 46.8 Å². The summed E-state index contributed by atoms with van der Waals surface area (Å²) in [6.45, 7) is 11.2. The average Bonchev–Trinajstić information content (AvgIpc) is 2.37. The lowest BCUT2D eigenvalue weighted by atomic mass is 9.97. The molecule has 0 fully saturated rings. The third kappa shape index (κ3) is 7.53. The summed E-state index contributed by atoms with van der Waals surface area (Å²) in [4.78, 5) is 14.3. The van der Waals surface area contributed by atoms with E-state index in [4.69, 9.17) is 4.74 Å². The highest BCUT2D eigenvalue weighted by molar-refractivity contribution is 5.80. The third-order valence-corrected chi connectivity index (χ3v) is 3.43. The monoisotopic (exact) mass is 272 g/mol. The van der Waals surface area contributed by atoms with Crippen molar-refractivity contribution in [3.8, 4) is 0 Å².